The normalized spacial score (nSPS) is 16.0. The van der Waals surface area contributed by atoms with Crippen LogP contribution in [0.25, 0.3) is 22.3 Å². The number of amides is 1. The van der Waals surface area contributed by atoms with Gasteiger partial charge in [-0.05, 0) is 42.7 Å². The Morgan fingerprint density at radius 2 is 2.00 bits per heavy atom. The minimum absolute atomic E-state index is 0.0226. The number of fused-ring (bicyclic) bond motifs is 1. The second kappa shape index (κ2) is 10.3. The molecule has 3 heterocycles. The van der Waals surface area contributed by atoms with Gasteiger partial charge in [0.15, 0.2) is 5.65 Å². The van der Waals surface area contributed by atoms with Crippen LogP contribution in [-0.2, 0) is 21.4 Å². The minimum Gasteiger partial charge on any atom is -0.383 e. The van der Waals surface area contributed by atoms with Gasteiger partial charge in [0, 0.05) is 25.2 Å². The van der Waals surface area contributed by atoms with Crippen molar-refractivity contribution in [2.24, 2.45) is 0 Å². The Hall–Kier alpha value is -4.16. The Morgan fingerprint density at radius 1 is 1.21 bits per heavy atom. The molecule has 38 heavy (non-hydrogen) atoms. The monoisotopic (exact) mass is 535 g/mol. The molecule has 1 unspecified atom stereocenters. The molecule has 1 aliphatic heterocycles. The van der Waals surface area contributed by atoms with Crippen LogP contribution in [0.3, 0.4) is 0 Å². The molecule has 1 aliphatic rings. The molecular weight excluding hydrogens is 509 g/mol. The van der Waals surface area contributed by atoms with E-state index in [0.29, 0.717) is 35.4 Å². The summed E-state index contributed by atoms with van der Waals surface area (Å²) in [5.41, 5.74) is 8.87. The number of halogens is 1. The van der Waals surface area contributed by atoms with Crippen LogP contribution in [0.4, 0.5) is 10.2 Å². The van der Waals surface area contributed by atoms with Gasteiger partial charge in [-0.3, -0.25) is 4.79 Å². The van der Waals surface area contributed by atoms with Crippen molar-refractivity contribution in [1.29, 1.82) is 0 Å². The topological polar surface area (TPSA) is 136 Å². The highest BCUT2D eigenvalue weighted by Gasteiger charge is 2.28. The lowest BCUT2D eigenvalue weighted by atomic mass is 10.1. The first kappa shape index (κ1) is 25.5. The van der Waals surface area contributed by atoms with Crippen molar-refractivity contribution < 1.29 is 17.6 Å². The molecule has 4 aromatic rings. The number of hydrogen-bond donors (Lipinski definition) is 2. The van der Waals surface area contributed by atoms with Gasteiger partial charge in [0.05, 0.1) is 16.3 Å². The average Bonchev–Trinajstić information content (AvgIpc) is 3.33. The molecule has 5 rings (SSSR count). The fourth-order valence-electron chi connectivity index (χ4n) is 4.61. The molecule has 0 radical (unpaired) electrons. The summed E-state index contributed by atoms with van der Waals surface area (Å²) in [5.74, 6) is -0.456. The quantitative estimate of drug-likeness (QED) is 0.347. The number of carbonyl (C=O) groups is 1. The summed E-state index contributed by atoms with van der Waals surface area (Å²) in [7, 11) is -3.87. The first-order chi connectivity index (χ1) is 18.3. The number of rotatable bonds is 7. The number of hydrogen-bond acceptors (Lipinski definition) is 7. The van der Waals surface area contributed by atoms with Crippen LogP contribution in [-0.4, -0.2) is 52.1 Å². The van der Waals surface area contributed by atoms with Crippen LogP contribution in [0, 0.1) is 5.82 Å². The molecule has 1 fully saturated rings. The Labute approximate surface area is 219 Å². The molecule has 196 valence electrons. The molecule has 0 saturated carbocycles. The lowest BCUT2D eigenvalue weighted by molar-refractivity contribution is -0.127. The van der Waals surface area contributed by atoms with Crippen LogP contribution in [0.1, 0.15) is 24.4 Å². The van der Waals surface area contributed by atoms with Gasteiger partial charge in [0.2, 0.25) is 15.9 Å². The van der Waals surface area contributed by atoms with Crippen molar-refractivity contribution in [1.82, 2.24) is 29.4 Å². The lowest BCUT2D eigenvalue weighted by Crippen LogP contribution is -2.40. The average molecular weight is 536 g/mol. The predicted octanol–water partition coefficient (Wildman–Crippen LogP) is 3.04. The van der Waals surface area contributed by atoms with E-state index in [1.54, 1.807) is 17.0 Å². The van der Waals surface area contributed by atoms with E-state index in [2.05, 4.69) is 21.3 Å². The zero-order chi connectivity index (χ0) is 26.9. The van der Waals surface area contributed by atoms with Crippen LogP contribution in [0.5, 0.6) is 0 Å². The first-order valence-corrected chi connectivity index (χ1v) is 13.5. The van der Waals surface area contributed by atoms with Crippen molar-refractivity contribution >= 4 is 32.8 Å². The van der Waals surface area contributed by atoms with E-state index >= 15 is 0 Å². The smallest absolute Gasteiger partial charge is 0.246 e. The van der Waals surface area contributed by atoms with E-state index in [4.69, 9.17) is 10.8 Å². The van der Waals surface area contributed by atoms with Crippen molar-refractivity contribution in [3.05, 3.63) is 78.9 Å². The van der Waals surface area contributed by atoms with E-state index in [9.17, 15) is 17.6 Å². The summed E-state index contributed by atoms with van der Waals surface area (Å²) in [6.45, 7) is 4.75. The number of nitrogens with two attached hydrogens (primary N) is 1. The number of benzene rings is 2. The van der Waals surface area contributed by atoms with Crippen molar-refractivity contribution in [3.63, 3.8) is 0 Å². The van der Waals surface area contributed by atoms with E-state index in [1.165, 1.54) is 30.6 Å². The van der Waals surface area contributed by atoms with Gasteiger partial charge in [-0.25, -0.2) is 32.2 Å². The van der Waals surface area contributed by atoms with Gasteiger partial charge in [-0.2, -0.15) is 5.10 Å². The Kier molecular flexibility index (Phi) is 6.91. The second-order valence-corrected chi connectivity index (χ2v) is 10.8. The molecule has 0 bridgehead atoms. The number of carbonyl (C=O) groups excluding carboxylic acids is 1. The number of aromatic nitrogens is 4. The number of piperidine rings is 1. The van der Waals surface area contributed by atoms with E-state index in [-0.39, 0.29) is 29.2 Å². The third-order valence-electron chi connectivity index (χ3n) is 6.55. The Morgan fingerprint density at radius 3 is 2.74 bits per heavy atom. The van der Waals surface area contributed by atoms with Gasteiger partial charge in [-0.1, -0.05) is 36.9 Å². The summed E-state index contributed by atoms with van der Waals surface area (Å²) in [5, 5.41) is 5.46. The van der Waals surface area contributed by atoms with E-state index in [1.807, 2.05) is 16.8 Å². The largest absolute Gasteiger partial charge is 0.383 e. The Bertz CT molecular complexity index is 1620. The number of sulfonamides is 1. The van der Waals surface area contributed by atoms with E-state index < -0.39 is 15.8 Å². The summed E-state index contributed by atoms with van der Waals surface area (Å²) in [4.78, 5) is 22.4. The van der Waals surface area contributed by atoms with Crippen molar-refractivity contribution in [2.45, 2.75) is 30.3 Å². The third kappa shape index (κ3) is 5.00. The standard InChI is InChI=1S/C26H26FN7O3S/c1-2-22(35)33-12-4-6-20(15-33)34-26-23(25(28)29-16-30-26)24(32-34)18-10-8-17(9-11-18)14-31-38(36,37)21-7-3-5-19(27)13-21/h2-3,5,7-11,13,16,20,31H,1,4,6,12,14-15H2,(H2,28,29,30). The van der Waals surface area contributed by atoms with Crippen LogP contribution < -0.4 is 10.5 Å². The van der Waals surface area contributed by atoms with Gasteiger partial charge in [0.1, 0.15) is 23.7 Å². The lowest BCUT2D eigenvalue weighted by Gasteiger charge is -2.32. The molecule has 3 N–H and O–H groups in total. The highest BCUT2D eigenvalue weighted by Crippen LogP contribution is 2.34. The third-order valence-corrected chi connectivity index (χ3v) is 7.95. The van der Waals surface area contributed by atoms with Gasteiger partial charge >= 0.3 is 0 Å². The van der Waals surface area contributed by atoms with Gasteiger partial charge in [-0.15, -0.1) is 0 Å². The SMILES string of the molecule is C=CC(=O)N1CCCC(n2nc(-c3ccc(CNS(=O)(=O)c4cccc(F)c4)cc3)c3c(N)ncnc32)C1. The van der Waals surface area contributed by atoms with Crippen molar-refractivity contribution in [3.8, 4) is 11.3 Å². The number of nitrogens with zero attached hydrogens (tertiary/aromatic N) is 5. The molecule has 2 aromatic carbocycles. The second-order valence-electron chi connectivity index (χ2n) is 9.01. The predicted molar refractivity (Wildman–Crippen MR) is 141 cm³/mol. The number of anilines is 1. The number of likely N-dealkylation sites (tertiary alicyclic amines) is 1. The van der Waals surface area contributed by atoms with Gasteiger partial charge in [0.25, 0.3) is 0 Å². The first-order valence-electron chi connectivity index (χ1n) is 12.0. The highest BCUT2D eigenvalue weighted by atomic mass is 32.2. The molecule has 1 amide bonds. The fourth-order valence-corrected chi connectivity index (χ4v) is 5.66. The van der Waals surface area contributed by atoms with Crippen LogP contribution in [0.15, 0.2) is 72.4 Å². The zero-order valence-corrected chi connectivity index (χ0v) is 21.2. The molecular formula is C26H26FN7O3S. The maximum Gasteiger partial charge on any atom is 0.246 e. The fraction of sp³-hybridized carbons (Fsp3) is 0.231. The molecule has 0 spiro atoms. The van der Waals surface area contributed by atoms with Crippen LogP contribution in [0.2, 0.25) is 0 Å². The highest BCUT2D eigenvalue weighted by molar-refractivity contribution is 7.89. The molecule has 12 heteroatoms. The van der Waals surface area contributed by atoms with Crippen molar-refractivity contribution in [2.75, 3.05) is 18.8 Å². The summed E-state index contributed by atoms with van der Waals surface area (Å²) >= 11 is 0. The summed E-state index contributed by atoms with van der Waals surface area (Å²) < 4.78 is 42.8. The summed E-state index contributed by atoms with van der Waals surface area (Å²) in [6.07, 6.45) is 4.35. The summed E-state index contributed by atoms with van der Waals surface area (Å²) in [6, 6.07) is 11.9. The molecule has 2 aromatic heterocycles. The van der Waals surface area contributed by atoms with Crippen LogP contribution >= 0.6 is 0 Å². The minimum atomic E-state index is -3.87. The molecule has 10 nitrogen and oxygen atoms in total. The molecule has 1 atom stereocenters. The number of nitrogens with one attached hydrogen (secondary N) is 1. The maximum atomic E-state index is 13.5. The zero-order valence-electron chi connectivity index (χ0n) is 20.4. The Balaban J connectivity index is 1.41. The maximum absolute atomic E-state index is 13.5. The molecule has 0 aliphatic carbocycles. The van der Waals surface area contributed by atoms with Gasteiger partial charge < -0.3 is 10.6 Å². The van der Waals surface area contributed by atoms with E-state index in [0.717, 1.165) is 24.5 Å². The number of nitrogen functional groups attached to an aromatic ring is 1. The molecule has 1 saturated heterocycles.